The first-order valence-electron chi connectivity index (χ1n) is 11.6. The summed E-state index contributed by atoms with van der Waals surface area (Å²) in [4.78, 5) is 29.3. The fraction of sp³-hybridized carbons (Fsp3) is 0.440. The van der Waals surface area contributed by atoms with Gasteiger partial charge in [0.25, 0.3) is 5.91 Å². The highest BCUT2D eigenvalue weighted by molar-refractivity contribution is 7.17. The predicted octanol–water partition coefficient (Wildman–Crippen LogP) is 4.30. The minimum absolute atomic E-state index is 0.0776. The lowest BCUT2D eigenvalue weighted by Crippen LogP contribution is -2.64. The molecular weight excluding hydrogens is 438 g/mol. The maximum absolute atomic E-state index is 13.8. The Morgan fingerprint density at radius 3 is 2.82 bits per heavy atom. The molecule has 0 radical (unpaired) electrons. The van der Waals surface area contributed by atoms with Crippen LogP contribution in [-0.4, -0.2) is 39.7 Å². The van der Waals surface area contributed by atoms with Crippen molar-refractivity contribution in [2.45, 2.75) is 63.7 Å². The number of carbonyl (C=O) groups excluding carboxylic acids is 2. The van der Waals surface area contributed by atoms with E-state index in [1.807, 2.05) is 47.2 Å². The number of nitrogens with zero attached hydrogens (tertiary/aromatic N) is 2. The van der Waals surface area contributed by atoms with Crippen molar-refractivity contribution in [1.82, 2.24) is 14.8 Å². The van der Waals surface area contributed by atoms with Crippen LogP contribution in [0.3, 0.4) is 0 Å². The molecule has 0 saturated heterocycles. The Morgan fingerprint density at radius 2 is 1.97 bits per heavy atom. The summed E-state index contributed by atoms with van der Waals surface area (Å²) in [5.41, 5.74) is 1.56. The molecule has 1 saturated carbocycles. The van der Waals surface area contributed by atoms with E-state index < -0.39 is 5.54 Å². The lowest BCUT2D eigenvalue weighted by molar-refractivity contribution is -0.134. The van der Waals surface area contributed by atoms with Gasteiger partial charge in [-0.1, -0.05) is 25.3 Å². The van der Waals surface area contributed by atoms with Crippen LogP contribution in [0.5, 0.6) is 11.5 Å². The Bertz CT molecular complexity index is 1240. The van der Waals surface area contributed by atoms with E-state index in [1.54, 1.807) is 16.2 Å². The van der Waals surface area contributed by atoms with E-state index in [0.717, 1.165) is 41.5 Å². The van der Waals surface area contributed by atoms with Crippen molar-refractivity contribution >= 4 is 33.4 Å². The number of rotatable bonds is 4. The van der Waals surface area contributed by atoms with Gasteiger partial charge in [-0.2, -0.15) is 0 Å². The fourth-order valence-electron chi connectivity index (χ4n) is 5.33. The number of fused-ring (bicyclic) bond motifs is 4. The van der Waals surface area contributed by atoms with Crippen molar-refractivity contribution in [2.75, 3.05) is 6.79 Å². The number of ether oxygens (including phenoxy) is 2. The maximum Gasteiger partial charge on any atom is 0.271 e. The molecule has 2 aliphatic heterocycles. The van der Waals surface area contributed by atoms with E-state index in [-0.39, 0.29) is 24.6 Å². The highest BCUT2D eigenvalue weighted by atomic mass is 32.1. The molecule has 7 nitrogen and oxygen atoms in total. The minimum atomic E-state index is -1.01. The standard InChI is InChI=1S/C25H27N3O4S/c1-25(24(30)26-17-5-3-2-4-6-17)14-27-18-9-10-33-22(18)12-19(27)23(29)28(25)13-16-7-8-20-21(11-16)32-15-31-20/h7-12,17H,2-6,13-15H2,1H3,(H,26,30)/t25-/m0/s1. The van der Waals surface area contributed by atoms with Crippen LogP contribution in [0.1, 0.15) is 55.1 Å². The summed E-state index contributed by atoms with van der Waals surface area (Å²) < 4.78 is 14.1. The van der Waals surface area contributed by atoms with Gasteiger partial charge in [0.05, 0.1) is 16.8 Å². The van der Waals surface area contributed by atoms with Crippen molar-refractivity contribution in [1.29, 1.82) is 0 Å². The molecule has 1 aliphatic carbocycles. The number of carbonyl (C=O) groups is 2. The fourth-order valence-corrected chi connectivity index (χ4v) is 6.15. The predicted molar refractivity (Wildman–Crippen MR) is 126 cm³/mol. The molecule has 6 rings (SSSR count). The van der Waals surface area contributed by atoms with E-state index in [4.69, 9.17) is 9.47 Å². The zero-order chi connectivity index (χ0) is 22.6. The summed E-state index contributed by atoms with van der Waals surface area (Å²) >= 11 is 1.62. The number of aromatic nitrogens is 1. The van der Waals surface area contributed by atoms with Crippen LogP contribution in [0.2, 0.25) is 0 Å². The molecule has 3 aromatic rings. The van der Waals surface area contributed by atoms with Gasteiger partial charge >= 0.3 is 0 Å². The summed E-state index contributed by atoms with van der Waals surface area (Å²) in [6.07, 6.45) is 5.50. The molecule has 1 aromatic carbocycles. The third-order valence-corrected chi connectivity index (χ3v) is 8.11. The number of hydrogen-bond donors (Lipinski definition) is 1. The van der Waals surface area contributed by atoms with E-state index in [1.165, 1.54) is 6.42 Å². The average Bonchev–Trinajstić information content (AvgIpc) is 3.54. The van der Waals surface area contributed by atoms with Crippen LogP contribution in [0.15, 0.2) is 35.7 Å². The average molecular weight is 466 g/mol. The van der Waals surface area contributed by atoms with Crippen LogP contribution in [0, 0.1) is 0 Å². The number of benzene rings is 1. The molecule has 172 valence electrons. The Kier molecular flexibility index (Phi) is 4.87. The van der Waals surface area contributed by atoms with Crippen molar-refractivity contribution < 1.29 is 19.1 Å². The molecule has 1 atom stereocenters. The quantitative estimate of drug-likeness (QED) is 0.624. The summed E-state index contributed by atoms with van der Waals surface area (Å²) in [7, 11) is 0. The SMILES string of the molecule is C[C@@]1(C(=O)NC2CCCCC2)Cn2c(cc3sccc32)C(=O)N1Cc1ccc2c(c1)OCO2. The molecule has 4 heterocycles. The topological polar surface area (TPSA) is 72.8 Å². The second-order valence-electron chi connectivity index (χ2n) is 9.45. The van der Waals surface area contributed by atoms with Crippen molar-refractivity contribution in [3.63, 3.8) is 0 Å². The summed E-state index contributed by atoms with van der Waals surface area (Å²) in [5, 5.41) is 5.31. The van der Waals surface area contributed by atoms with Crippen molar-refractivity contribution in [3.8, 4) is 11.5 Å². The first-order chi connectivity index (χ1) is 16.0. The molecular formula is C25H27N3O4S. The Labute approximate surface area is 196 Å². The van der Waals surface area contributed by atoms with Crippen LogP contribution in [-0.2, 0) is 17.9 Å². The monoisotopic (exact) mass is 465 g/mol. The molecule has 33 heavy (non-hydrogen) atoms. The second-order valence-corrected chi connectivity index (χ2v) is 10.4. The zero-order valence-corrected chi connectivity index (χ0v) is 19.5. The summed E-state index contributed by atoms with van der Waals surface area (Å²) in [6.45, 7) is 2.85. The third-order valence-electron chi connectivity index (χ3n) is 7.26. The van der Waals surface area contributed by atoms with Crippen molar-refractivity contribution in [3.05, 3.63) is 47.0 Å². The molecule has 8 heteroatoms. The van der Waals surface area contributed by atoms with Gasteiger partial charge in [0, 0.05) is 12.6 Å². The maximum atomic E-state index is 13.8. The molecule has 2 amide bonds. The van der Waals surface area contributed by atoms with Gasteiger partial charge in [-0.25, -0.2) is 0 Å². The number of thiophene rings is 1. The Morgan fingerprint density at radius 1 is 1.15 bits per heavy atom. The third kappa shape index (κ3) is 3.39. The lowest BCUT2D eigenvalue weighted by Gasteiger charge is -2.45. The summed E-state index contributed by atoms with van der Waals surface area (Å²) in [6, 6.07) is 9.87. The second kappa shape index (κ2) is 7.80. The van der Waals surface area contributed by atoms with E-state index >= 15 is 0 Å². The molecule has 1 fully saturated rings. The first kappa shape index (κ1) is 20.6. The number of hydrogen-bond acceptors (Lipinski definition) is 5. The smallest absolute Gasteiger partial charge is 0.271 e. The molecule has 0 unspecified atom stereocenters. The van der Waals surface area contributed by atoms with Crippen LogP contribution in [0.4, 0.5) is 0 Å². The Balaban J connectivity index is 1.37. The molecule has 0 spiro atoms. The molecule has 2 aromatic heterocycles. The van der Waals surface area contributed by atoms with Gasteiger partial charge in [0.2, 0.25) is 12.7 Å². The van der Waals surface area contributed by atoms with Crippen LogP contribution >= 0.6 is 11.3 Å². The van der Waals surface area contributed by atoms with Crippen LogP contribution < -0.4 is 14.8 Å². The van der Waals surface area contributed by atoms with Gasteiger partial charge in [-0.3, -0.25) is 9.59 Å². The van der Waals surface area contributed by atoms with Gasteiger partial charge in [-0.05, 0) is 55.0 Å². The molecule has 1 N–H and O–H groups in total. The largest absolute Gasteiger partial charge is 0.454 e. The minimum Gasteiger partial charge on any atom is -0.454 e. The van der Waals surface area contributed by atoms with E-state index in [2.05, 4.69) is 5.32 Å². The van der Waals surface area contributed by atoms with Crippen LogP contribution in [0.25, 0.3) is 10.2 Å². The molecule has 3 aliphatic rings. The number of amides is 2. The van der Waals surface area contributed by atoms with Crippen molar-refractivity contribution in [2.24, 2.45) is 0 Å². The van der Waals surface area contributed by atoms with Gasteiger partial charge in [-0.15, -0.1) is 11.3 Å². The van der Waals surface area contributed by atoms with Gasteiger partial charge < -0.3 is 24.3 Å². The highest BCUT2D eigenvalue weighted by Crippen LogP contribution is 2.37. The lowest BCUT2D eigenvalue weighted by atomic mass is 9.91. The van der Waals surface area contributed by atoms with E-state index in [9.17, 15) is 9.59 Å². The van der Waals surface area contributed by atoms with Gasteiger partial charge in [0.15, 0.2) is 11.5 Å². The van der Waals surface area contributed by atoms with E-state index in [0.29, 0.717) is 30.3 Å². The zero-order valence-electron chi connectivity index (χ0n) is 18.6. The normalized spacial score (nSPS) is 22.6. The highest BCUT2D eigenvalue weighted by Gasteiger charge is 2.48. The number of nitrogens with one attached hydrogen (secondary N) is 1. The first-order valence-corrected chi connectivity index (χ1v) is 12.5. The summed E-state index contributed by atoms with van der Waals surface area (Å²) in [5.74, 6) is 1.18. The Hall–Kier alpha value is -3.00. The molecule has 0 bridgehead atoms. The van der Waals surface area contributed by atoms with Gasteiger partial charge in [0.1, 0.15) is 11.2 Å².